The molecule has 0 bridgehead atoms. The zero-order chi connectivity index (χ0) is 18.4. The van der Waals surface area contributed by atoms with E-state index in [1.807, 2.05) is 27.7 Å². The zero-order valence-corrected chi connectivity index (χ0v) is 16.3. The Kier molecular flexibility index (Phi) is 4.73. The minimum Gasteiger partial charge on any atom is -0.273 e. The maximum atomic E-state index is 12.4. The van der Waals surface area contributed by atoms with Crippen molar-refractivity contribution in [1.82, 2.24) is 10.9 Å². The molecule has 0 aromatic rings. The molecule has 4 atom stereocenters. The molecule has 2 aliphatic carbocycles. The minimum atomic E-state index is -0.0897. The molecule has 2 saturated carbocycles. The fraction of sp³-hybridized carbons (Fsp3) is 0.700. The Bertz CT molecular complexity index is 551. The summed E-state index contributed by atoms with van der Waals surface area (Å²) in [5.41, 5.74) is 7.64. The van der Waals surface area contributed by atoms with Gasteiger partial charge in [0.15, 0.2) is 0 Å². The number of rotatable bonds is 4. The van der Waals surface area contributed by atoms with Crippen LogP contribution in [0.1, 0.15) is 55.4 Å². The van der Waals surface area contributed by atoms with E-state index in [0.717, 1.165) is 0 Å². The molecule has 0 spiro atoms. The topological polar surface area (TPSA) is 58.2 Å². The first-order chi connectivity index (χ1) is 10.9. The summed E-state index contributed by atoms with van der Waals surface area (Å²) >= 11 is 0. The fourth-order valence-corrected chi connectivity index (χ4v) is 3.98. The number of hydrogen-bond acceptors (Lipinski definition) is 2. The summed E-state index contributed by atoms with van der Waals surface area (Å²) in [6.07, 6.45) is 4.31. The Balaban J connectivity index is 1.91. The van der Waals surface area contributed by atoms with Gasteiger partial charge in [-0.05, 0) is 50.4 Å². The monoisotopic (exact) mass is 332 g/mol. The van der Waals surface area contributed by atoms with Crippen LogP contribution in [0, 0.1) is 34.5 Å². The van der Waals surface area contributed by atoms with Gasteiger partial charge in [-0.1, -0.05) is 51.0 Å². The van der Waals surface area contributed by atoms with Crippen molar-refractivity contribution < 1.29 is 9.59 Å². The fourth-order valence-electron chi connectivity index (χ4n) is 3.98. The van der Waals surface area contributed by atoms with Crippen molar-refractivity contribution in [2.75, 3.05) is 0 Å². The van der Waals surface area contributed by atoms with Crippen LogP contribution in [0.3, 0.4) is 0 Å². The second-order valence-electron chi connectivity index (χ2n) is 9.12. The highest BCUT2D eigenvalue weighted by molar-refractivity contribution is 5.89. The predicted molar refractivity (Wildman–Crippen MR) is 96.7 cm³/mol. The average molecular weight is 332 g/mol. The largest absolute Gasteiger partial charge is 0.273 e. The second-order valence-corrected chi connectivity index (χ2v) is 9.12. The van der Waals surface area contributed by atoms with Crippen molar-refractivity contribution in [1.29, 1.82) is 0 Å². The van der Waals surface area contributed by atoms with E-state index in [0.29, 0.717) is 0 Å². The van der Waals surface area contributed by atoms with Crippen LogP contribution in [0.15, 0.2) is 23.3 Å². The highest BCUT2D eigenvalue weighted by Crippen LogP contribution is 2.60. The molecule has 2 rings (SSSR count). The van der Waals surface area contributed by atoms with Crippen LogP contribution in [0.2, 0.25) is 0 Å². The quantitative estimate of drug-likeness (QED) is 0.610. The molecular formula is C20H32N2O2. The van der Waals surface area contributed by atoms with Crippen LogP contribution in [0.25, 0.3) is 0 Å². The van der Waals surface area contributed by atoms with Gasteiger partial charge in [0.2, 0.25) is 11.8 Å². The van der Waals surface area contributed by atoms with Gasteiger partial charge in [-0.2, -0.15) is 0 Å². The number of carbonyl (C=O) groups is 2. The number of hydrogen-bond donors (Lipinski definition) is 2. The maximum Gasteiger partial charge on any atom is 0.242 e. The molecule has 4 heteroatoms. The highest BCUT2D eigenvalue weighted by Gasteiger charge is 2.62. The standard InChI is InChI=1S/C20H32N2O2/c1-11(2)9-13-15(19(13,5)6)17(23)21-22-18(24)16-14(10-12(3)4)20(16,7)8/h9-10,13-16H,1-8H3,(H,21,23)(H,22,24)/t13-,14+,15-,16-/m0/s1. The summed E-state index contributed by atoms with van der Waals surface area (Å²) in [6.45, 7) is 16.6. The summed E-state index contributed by atoms with van der Waals surface area (Å²) in [5.74, 6) is 0.161. The van der Waals surface area contributed by atoms with E-state index in [1.54, 1.807) is 0 Å². The van der Waals surface area contributed by atoms with E-state index >= 15 is 0 Å². The van der Waals surface area contributed by atoms with Gasteiger partial charge in [-0.3, -0.25) is 20.4 Å². The molecule has 0 saturated heterocycles. The van der Waals surface area contributed by atoms with E-state index in [-0.39, 0.29) is 46.3 Å². The molecule has 2 amide bonds. The Morgan fingerprint density at radius 2 is 1.00 bits per heavy atom. The number of allylic oxidation sites excluding steroid dienone is 4. The van der Waals surface area contributed by atoms with Gasteiger partial charge in [-0.25, -0.2) is 0 Å². The lowest BCUT2D eigenvalue weighted by Crippen LogP contribution is -2.44. The van der Waals surface area contributed by atoms with E-state index < -0.39 is 0 Å². The predicted octanol–water partition coefficient (Wildman–Crippen LogP) is 3.61. The van der Waals surface area contributed by atoms with Gasteiger partial charge in [0.25, 0.3) is 0 Å². The first-order valence-corrected chi connectivity index (χ1v) is 8.80. The third-order valence-corrected chi connectivity index (χ3v) is 5.72. The van der Waals surface area contributed by atoms with Crippen molar-refractivity contribution in [2.24, 2.45) is 34.5 Å². The van der Waals surface area contributed by atoms with Crippen LogP contribution in [0.4, 0.5) is 0 Å². The van der Waals surface area contributed by atoms with Crippen LogP contribution < -0.4 is 10.9 Å². The van der Waals surface area contributed by atoms with Crippen molar-refractivity contribution in [3.8, 4) is 0 Å². The van der Waals surface area contributed by atoms with Gasteiger partial charge in [0.1, 0.15) is 0 Å². The summed E-state index contributed by atoms with van der Waals surface area (Å²) in [7, 11) is 0. The van der Waals surface area contributed by atoms with Gasteiger partial charge in [0.05, 0.1) is 11.8 Å². The van der Waals surface area contributed by atoms with E-state index in [1.165, 1.54) is 11.1 Å². The molecular weight excluding hydrogens is 300 g/mol. The number of hydrazine groups is 1. The SMILES string of the molecule is CC(C)=C[C@@H]1[C@@H](C(=O)NNC(=O)[C@@H]2[C@H](C=C(C)C)C2(C)C)C1(C)C. The number of amides is 2. The van der Waals surface area contributed by atoms with Crippen molar-refractivity contribution in [3.05, 3.63) is 23.3 Å². The normalized spacial score (nSPS) is 31.5. The third-order valence-electron chi connectivity index (χ3n) is 5.72. The smallest absolute Gasteiger partial charge is 0.242 e. The Hall–Kier alpha value is -1.58. The Morgan fingerprint density at radius 1 is 0.708 bits per heavy atom. The van der Waals surface area contributed by atoms with Crippen molar-refractivity contribution >= 4 is 11.8 Å². The molecule has 134 valence electrons. The van der Waals surface area contributed by atoms with E-state index in [9.17, 15) is 9.59 Å². The summed E-state index contributed by atoms with van der Waals surface area (Å²) in [4.78, 5) is 24.8. The van der Waals surface area contributed by atoms with E-state index in [2.05, 4.69) is 50.7 Å². The third kappa shape index (κ3) is 3.42. The molecule has 0 unspecified atom stereocenters. The lowest BCUT2D eigenvalue weighted by molar-refractivity contribution is -0.131. The second kappa shape index (κ2) is 6.05. The Labute approximate surface area is 146 Å². The molecule has 0 aromatic carbocycles. The molecule has 0 heterocycles. The lowest BCUT2D eigenvalue weighted by Gasteiger charge is -2.08. The van der Waals surface area contributed by atoms with Gasteiger partial charge in [0, 0.05) is 0 Å². The number of nitrogens with one attached hydrogen (secondary N) is 2. The molecule has 2 N–H and O–H groups in total. The Morgan fingerprint density at radius 3 is 1.25 bits per heavy atom. The lowest BCUT2D eigenvalue weighted by atomic mass is 10.1. The van der Waals surface area contributed by atoms with Crippen LogP contribution >= 0.6 is 0 Å². The number of carbonyl (C=O) groups excluding carboxylic acids is 2. The first kappa shape index (κ1) is 18.8. The van der Waals surface area contributed by atoms with Gasteiger partial charge >= 0.3 is 0 Å². The summed E-state index contributed by atoms with van der Waals surface area (Å²) in [5, 5.41) is 0. The van der Waals surface area contributed by atoms with Crippen LogP contribution in [0.5, 0.6) is 0 Å². The van der Waals surface area contributed by atoms with E-state index in [4.69, 9.17) is 0 Å². The van der Waals surface area contributed by atoms with Crippen molar-refractivity contribution in [3.63, 3.8) is 0 Å². The summed E-state index contributed by atoms with van der Waals surface area (Å²) in [6, 6.07) is 0. The molecule has 0 aliphatic heterocycles. The molecule has 24 heavy (non-hydrogen) atoms. The van der Waals surface area contributed by atoms with Crippen LogP contribution in [-0.2, 0) is 9.59 Å². The summed E-state index contributed by atoms with van der Waals surface area (Å²) < 4.78 is 0. The highest BCUT2D eigenvalue weighted by atomic mass is 16.2. The maximum absolute atomic E-state index is 12.4. The molecule has 2 fully saturated rings. The van der Waals surface area contributed by atoms with Gasteiger partial charge < -0.3 is 0 Å². The average Bonchev–Trinajstić information content (AvgIpc) is 3.15. The molecule has 0 aromatic heterocycles. The first-order valence-electron chi connectivity index (χ1n) is 8.80. The minimum absolute atomic E-state index is 0.0461. The molecule has 0 radical (unpaired) electrons. The van der Waals surface area contributed by atoms with Crippen molar-refractivity contribution in [2.45, 2.75) is 55.4 Å². The zero-order valence-electron chi connectivity index (χ0n) is 16.3. The molecule has 4 nitrogen and oxygen atoms in total. The van der Waals surface area contributed by atoms with Crippen LogP contribution in [-0.4, -0.2) is 11.8 Å². The van der Waals surface area contributed by atoms with Gasteiger partial charge in [-0.15, -0.1) is 0 Å². The molecule has 2 aliphatic rings.